The SMILES string of the molecule is CCC1C=C(NC(=O)c2cnc3ccccc3n2)C=CC1. The third kappa shape index (κ3) is 2.99. The van der Waals surface area contributed by atoms with E-state index in [2.05, 4.69) is 34.4 Å². The van der Waals surface area contributed by atoms with Crippen molar-refractivity contribution < 1.29 is 4.79 Å². The Hall–Kier alpha value is -2.49. The van der Waals surface area contributed by atoms with E-state index < -0.39 is 0 Å². The molecule has 0 spiro atoms. The van der Waals surface area contributed by atoms with Crippen LogP contribution in [0.25, 0.3) is 11.0 Å². The third-order valence-electron chi connectivity index (χ3n) is 3.61. The summed E-state index contributed by atoms with van der Waals surface area (Å²) >= 11 is 0. The number of hydrogen-bond acceptors (Lipinski definition) is 3. The molecule has 1 atom stereocenters. The first kappa shape index (κ1) is 13.5. The Morgan fingerprint density at radius 2 is 2.14 bits per heavy atom. The van der Waals surface area contributed by atoms with Crippen molar-refractivity contribution in [2.24, 2.45) is 5.92 Å². The van der Waals surface area contributed by atoms with E-state index in [9.17, 15) is 4.79 Å². The van der Waals surface area contributed by atoms with Crippen molar-refractivity contribution in [3.05, 3.63) is 60.1 Å². The lowest BCUT2D eigenvalue weighted by molar-refractivity contribution is 0.0962. The maximum atomic E-state index is 12.3. The second-order valence-corrected chi connectivity index (χ2v) is 5.13. The van der Waals surface area contributed by atoms with Crippen LogP contribution in [0.3, 0.4) is 0 Å². The van der Waals surface area contributed by atoms with Crippen LogP contribution in [0, 0.1) is 5.92 Å². The Balaban J connectivity index is 1.81. The topological polar surface area (TPSA) is 54.9 Å². The van der Waals surface area contributed by atoms with Crippen LogP contribution in [0.1, 0.15) is 30.3 Å². The van der Waals surface area contributed by atoms with Gasteiger partial charge in [-0.05, 0) is 37.0 Å². The first-order chi connectivity index (χ1) is 10.3. The number of aromatic nitrogens is 2. The van der Waals surface area contributed by atoms with Crippen molar-refractivity contribution >= 4 is 16.9 Å². The molecule has 4 heteroatoms. The van der Waals surface area contributed by atoms with Crippen LogP contribution in [0.15, 0.2) is 54.4 Å². The Bertz CT molecular complexity index is 734. The minimum atomic E-state index is -0.221. The summed E-state index contributed by atoms with van der Waals surface area (Å²) in [6.07, 6.45) is 9.76. The molecule has 3 rings (SSSR count). The number of rotatable bonds is 3. The van der Waals surface area contributed by atoms with E-state index in [-0.39, 0.29) is 5.91 Å². The number of amides is 1. The molecule has 0 bridgehead atoms. The molecular weight excluding hydrogens is 262 g/mol. The molecular formula is C17H17N3O. The molecule has 4 nitrogen and oxygen atoms in total. The van der Waals surface area contributed by atoms with Crippen molar-refractivity contribution in [1.82, 2.24) is 15.3 Å². The molecule has 1 N–H and O–H groups in total. The first-order valence-corrected chi connectivity index (χ1v) is 7.18. The summed E-state index contributed by atoms with van der Waals surface area (Å²) in [5, 5.41) is 2.90. The van der Waals surface area contributed by atoms with Gasteiger partial charge in [0, 0.05) is 5.70 Å². The van der Waals surface area contributed by atoms with E-state index in [0.717, 1.165) is 29.6 Å². The lowest BCUT2D eigenvalue weighted by Gasteiger charge is -2.15. The van der Waals surface area contributed by atoms with Crippen LogP contribution in [0.4, 0.5) is 0 Å². The monoisotopic (exact) mass is 279 g/mol. The minimum Gasteiger partial charge on any atom is -0.321 e. The summed E-state index contributed by atoms with van der Waals surface area (Å²) in [6, 6.07) is 7.52. The molecule has 1 aromatic heterocycles. The number of fused-ring (bicyclic) bond motifs is 1. The number of allylic oxidation sites excluding steroid dienone is 3. The maximum Gasteiger partial charge on any atom is 0.275 e. The molecule has 1 amide bonds. The third-order valence-corrected chi connectivity index (χ3v) is 3.61. The molecule has 21 heavy (non-hydrogen) atoms. The lowest BCUT2D eigenvalue weighted by Crippen LogP contribution is -2.24. The van der Waals surface area contributed by atoms with E-state index >= 15 is 0 Å². The van der Waals surface area contributed by atoms with Crippen LogP contribution in [-0.2, 0) is 0 Å². The van der Waals surface area contributed by atoms with Crippen LogP contribution < -0.4 is 5.32 Å². The molecule has 0 fully saturated rings. The van der Waals surface area contributed by atoms with Crippen LogP contribution in [0.2, 0.25) is 0 Å². The number of nitrogens with one attached hydrogen (secondary N) is 1. The van der Waals surface area contributed by atoms with Crippen LogP contribution in [0.5, 0.6) is 0 Å². The maximum absolute atomic E-state index is 12.3. The summed E-state index contributed by atoms with van der Waals surface area (Å²) in [7, 11) is 0. The lowest BCUT2D eigenvalue weighted by atomic mass is 9.97. The normalized spacial score (nSPS) is 17.6. The minimum absolute atomic E-state index is 0.221. The quantitative estimate of drug-likeness (QED) is 0.938. The molecule has 1 aliphatic rings. The van der Waals surface area contributed by atoms with Crippen molar-refractivity contribution in [2.45, 2.75) is 19.8 Å². The van der Waals surface area contributed by atoms with Gasteiger partial charge in [-0.2, -0.15) is 0 Å². The van der Waals surface area contributed by atoms with Crippen LogP contribution >= 0.6 is 0 Å². The summed E-state index contributed by atoms with van der Waals surface area (Å²) < 4.78 is 0. The average molecular weight is 279 g/mol. The van der Waals surface area contributed by atoms with Gasteiger partial charge in [0.2, 0.25) is 0 Å². The van der Waals surface area contributed by atoms with Gasteiger partial charge in [-0.25, -0.2) is 4.98 Å². The van der Waals surface area contributed by atoms with E-state index in [1.165, 1.54) is 6.20 Å². The second kappa shape index (κ2) is 5.87. The summed E-state index contributed by atoms with van der Waals surface area (Å²) in [4.78, 5) is 20.9. The van der Waals surface area contributed by atoms with Gasteiger partial charge in [-0.3, -0.25) is 9.78 Å². The van der Waals surface area contributed by atoms with Crippen molar-refractivity contribution in [1.29, 1.82) is 0 Å². The fourth-order valence-electron chi connectivity index (χ4n) is 2.38. The van der Waals surface area contributed by atoms with Gasteiger partial charge in [-0.1, -0.05) is 31.2 Å². The zero-order valence-electron chi connectivity index (χ0n) is 11.9. The van der Waals surface area contributed by atoms with Crippen molar-refractivity contribution in [2.75, 3.05) is 0 Å². The molecule has 1 heterocycles. The van der Waals surface area contributed by atoms with Gasteiger partial charge in [0.15, 0.2) is 0 Å². The highest BCUT2D eigenvalue weighted by Crippen LogP contribution is 2.18. The Morgan fingerprint density at radius 1 is 1.33 bits per heavy atom. The van der Waals surface area contributed by atoms with Crippen molar-refractivity contribution in [3.63, 3.8) is 0 Å². The zero-order chi connectivity index (χ0) is 14.7. The second-order valence-electron chi connectivity index (χ2n) is 5.13. The predicted octanol–water partition coefficient (Wildman–Crippen LogP) is 3.23. The largest absolute Gasteiger partial charge is 0.321 e. The molecule has 106 valence electrons. The standard InChI is InChI=1S/C17H17N3O/c1-2-12-6-5-7-13(10-12)19-17(21)16-11-18-14-8-3-4-9-15(14)20-16/h3-5,7-12H,2,6H2,1H3,(H,19,21). The molecule has 0 radical (unpaired) electrons. The fourth-order valence-corrected chi connectivity index (χ4v) is 2.38. The molecule has 1 aromatic carbocycles. The average Bonchev–Trinajstić information content (AvgIpc) is 2.54. The smallest absolute Gasteiger partial charge is 0.275 e. The summed E-state index contributed by atoms with van der Waals surface area (Å²) in [5.74, 6) is 0.272. The molecule has 0 saturated heterocycles. The fraction of sp³-hybridized carbons (Fsp3) is 0.235. The van der Waals surface area contributed by atoms with E-state index in [1.54, 1.807) is 0 Å². The number of para-hydroxylation sites is 2. The Labute approximate surface area is 123 Å². The number of nitrogens with zero attached hydrogens (tertiary/aromatic N) is 2. The van der Waals surface area contributed by atoms with Gasteiger partial charge in [-0.15, -0.1) is 0 Å². The van der Waals surface area contributed by atoms with Gasteiger partial charge in [0.1, 0.15) is 5.69 Å². The molecule has 2 aromatic rings. The number of carbonyl (C=O) groups is 1. The van der Waals surface area contributed by atoms with Crippen molar-refractivity contribution in [3.8, 4) is 0 Å². The summed E-state index contributed by atoms with van der Waals surface area (Å²) in [6.45, 7) is 2.15. The highest BCUT2D eigenvalue weighted by Gasteiger charge is 2.13. The van der Waals surface area contributed by atoms with Gasteiger partial charge >= 0.3 is 0 Å². The molecule has 1 unspecified atom stereocenters. The number of hydrogen-bond donors (Lipinski definition) is 1. The van der Waals surface area contributed by atoms with E-state index in [1.807, 2.05) is 30.3 Å². The summed E-state index contributed by atoms with van der Waals surface area (Å²) in [5.41, 5.74) is 2.69. The first-order valence-electron chi connectivity index (χ1n) is 7.18. The molecule has 1 aliphatic carbocycles. The Kier molecular flexibility index (Phi) is 3.77. The van der Waals surface area contributed by atoms with Gasteiger partial charge in [0.05, 0.1) is 17.2 Å². The number of carbonyl (C=O) groups excluding carboxylic acids is 1. The predicted molar refractivity (Wildman–Crippen MR) is 82.6 cm³/mol. The molecule has 0 aliphatic heterocycles. The van der Waals surface area contributed by atoms with E-state index in [0.29, 0.717) is 11.6 Å². The van der Waals surface area contributed by atoms with Gasteiger partial charge < -0.3 is 5.32 Å². The van der Waals surface area contributed by atoms with E-state index in [4.69, 9.17) is 0 Å². The van der Waals surface area contributed by atoms with Crippen LogP contribution in [-0.4, -0.2) is 15.9 Å². The highest BCUT2D eigenvalue weighted by atomic mass is 16.1. The number of benzene rings is 1. The highest BCUT2D eigenvalue weighted by molar-refractivity contribution is 5.95. The van der Waals surface area contributed by atoms with Gasteiger partial charge in [0.25, 0.3) is 5.91 Å². The molecule has 0 saturated carbocycles. The Morgan fingerprint density at radius 3 is 2.95 bits per heavy atom. The zero-order valence-corrected chi connectivity index (χ0v) is 11.9.